The summed E-state index contributed by atoms with van der Waals surface area (Å²) in [6.07, 6.45) is 0. The Bertz CT molecular complexity index is 3220. The summed E-state index contributed by atoms with van der Waals surface area (Å²) in [5.74, 6) is 0. The van der Waals surface area contributed by atoms with Crippen molar-refractivity contribution in [2.75, 3.05) is 4.90 Å². The molecule has 2 nitrogen and oxygen atoms in total. The van der Waals surface area contributed by atoms with Gasteiger partial charge in [0.05, 0.1) is 16.7 Å². The largest absolute Gasteiger partial charge is 0.310 e. The number of anilines is 3. The lowest BCUT2D eigenvalue weighted by atomic mass is 9.96. The normalized spacial score (nSPS) is 11.5. The van der Waals surface area contributed by atoms with Crippen LogP contribution in [0.3, 0.4) is 0 Å². The van der Waals surface area contributed by atoms with Crippen LogP contribution in [0.2, 0.25) is 0 Å². The third-order valence-electron chi connectivity index (χ3n) is 11.2. The summed E-state index contributed by atoms with van der Waals surface area (Å²) < 4.78 is 5.00. The van der Waals surface area contributed by atoms with Crippen molar-refractivity contribution in [2.45, 2.75) is 0 Å². The number of nitrogens with zero attached hydrogens (tertiary/aromatic N) is 2. The number of aromatic nitrogens is 1. The minimum absolute atomic E-state index is 1.10. The summed E-state index contributed by atoms with van der Waals surface area (Å²) in [5.41, 5.74) is 14.1. The summed E-state index contributed by atoms with van der Waals surface area (Å²) in [6, 6.07) is 79.4. The average molecular weight is 745 g/mol. The van der Waals surface area contributed by atoms with Crippen molar-refractivity contribution in [3.63, 3.8) is 0 Å². The first kappa shape index (κ1) is 33.2. The molecule has 268 valence electrons. The van der Waals surface area contributed by atoms with E-state index in [9.17, 15) is 0 Å². The van der Waals surface area contributed by atoms with Crippen molar-refractivity contribution in [1.29, 1.82) is 0 Å². The van der Waals surface area contributed by atoms with E-state index in [0.717, 1.165) is 22.7 Å². The predicted molar refractivity (Wildman–Crippen MR) is 245 cm³/mol. The fourth-order valence-corrected chi connectivity index (χ4v) is 9.72. The van der Waals surface area contributed by atoms with Crippen molar-refractivity contribution in [1.82, 2.24) is 4.57 Å². The van der Waals surface area contributed by atoms with Crippen molar-refractivity contribution in [2.24, 2.45) is 0 Å². The van der Waals surface area contributed by atoms with Gasteiger partial charge in [0.25, 0.3) is 0 Å². The summed E-state index contributed by atoms with van der Waals surface area (Å²) >= 11 is 1.86. The van der Waals surface area contributed by atoms with E-state index in [-0.39, 0.29) is 0 Å². The molecule has 0 radical (unpaired) electrons. The van der Waals surface area contributed by atoms with Crippen molar-refractivity contribution in [3.8, 4) is 39.1 Å². The Labute approximate surface area is 335 Å². The maximum atomic E-state index is 2.45. The van der Waals surface area contributed by atoms with Gasteiger partial charge in [-0.3, -0.25) is 0 Å². The number of fused-ring (bicyclic) bond motifs is 6. The van der Waals surface area contributed by atoms with E-state index in [2.05, 4.69) is 228 Å². The second-order valence-corrected chi connectivity index (χ2v) is 15.6. The van der Waals surface area contributed by atoms with Crippen LogP contribution in [0.25, 0.3) is 81.0 Å². The third-order valence-corrected chi connectivity index (χ3v) is 12.3. The maximum absolute atomic E-state index is 2.45. The molecule has 0 saturated carbocycles. The van der Waals surface area contributed by atoms with Gasteiger partial charge in [-0.25, -0.2) is 0 Å². The topological polar surface area (TPSA) is 8.17 Å². The third kappa shape index (κ3) is 5.71. The second kappa shape index (κ2) is 13.8. The van der Waals surface area contributed by atoms with E-state index < -0.39 is 0 Å². The Hall–Kier alpha value is -7.20. The number of hydrogen-bond acceptors (Lipinski definition) is 2. The molecule has 0 unspecified atom stereocenters. The first-order valence-electron chi connectivity index (χ1n) is 19.4. The second-order valence-electron chi connectivity index (χ2n) is 14.5. The average Bonchev–Trinajstić information content (AvgIpc) is 3.83. The Kier molecular flexibility index (Phi) is 8.04. The van der Waals surface area contributed by atoms with Crippen LogP contribution in [0.1, 0.15) is 0 Å². The Morgan fingerprint density at radius 3 is 1.74 bits per heavy atom. The van der Waals surface area contributed by atoms with Crippen molar-refractivity contribution < 1.29 is 0 Å². The Balaban J connectivity index is 1.17. The molecular formula is C54H36N2S. The Morgan fingerprint density at radius 2 is 0.930 bits per heavy atom. The molecule has 0 bridgehead atoms. The molecule has 0 atom stereocenters. The van der Waals surface area contributed by atoms with Gasteiger partial charge in [0.15, 0.2) is 0 Å². The van der Waals surface area contributed by atoms with Crippen LogP contribution in [0.4, 0.5) is 17.1 Å². The van der Waals surface area contributed by atoms with Crippen LogP contribution in [0, 0.1) is 0 Å². The van der Waals surface area contributed by atoms with E-state index in [4.69, 9.17) is 0 Å². The molecule has 2 aromatic heterocycles. The SMILES string of the molecule is c1ccc(-c2ccc(-c3cccc4c3c3cc(N(c5ccc6c(c5)sc5ccccc56)c5ccccc5-c5ccccc5)ccc3n4-c3ccccc3)cc2)cc1. The highest BCUT2D eigenvalue weighted by molar-refractivity contribution is 7.25. The maximum Gasteiger partial charge on any atom is 0.0547 e. The fraction of sp³-hybridized carbons (Fsp3) is 0. The summed E-state index contributed by atoms with van der Waals surface area (Å²) in [7, 11) is 0. The minimum Gasteiger partial charge on any atom is -0.310 e. The zero-order valence-corrected chi connectivity index (χ0v) is 31.9. The highest BCUT2D eigenvalue weighted by atomic mass is 32.1. The zero-order chi connectivity index (χ0) is 37.7. The minimum atomic E-state index is 1.10. The zero-order valence-electron chi connectivity index (χ0n) is 31.1. The predicted octanol–water partition coefficient (Wildman–Crippen LogP) is 15.6. The first-order chi connectivity index (χ1) is 28.3. The van der Waals surface area contributed by atoms with Crippen LogP contribution in [-0.4, -0.2) is 4.57 Å². The lowest BCUT2D eigenvalue weighted by Gasteiger charge is -2.28. The molecule has 11 aromatic rings. The van der Waals surface area contributed by atoms with E-state index >= 15 is 0 Å². The quantitative estimate of drug-likeness (QED) is 0.158. The van der Waals surface area contributed by atoms with Crippen LogP contribution >= 0.6 is 11.3 Å². The Morgan fingerprint density at radius 1 is 0.351 bits per heavy atom. The van der Waals surface area contributed by atoms with Crippen LogP contribution in [-0.2, 0) is 0 Å². The van der Waals surface area contributed by atoms with Gasteiger partial charge in [0.1, 0.15) is 0 Å². The number of thiophene rings is 1. The number of para-hydroxylation sites is 2. The van der Waals surface area contributed by atoms with Gasteiger partial charge in [-0.1, -0.05) is 158 Å². The monoisotopic (exact) mass is 744 g/mol. The van der Waals surface area contributed by atoms with E-state index in [0.29, 0.717) is 0 Å². The fourth-order valence-electron chi connectivity index (χ4n) is 8.58. The first-order valence-corrected chi connectivity index (χ1v) is 20.2. The van der Waals surface area contributed by atoms with Gasteiger partial charge in [-0.15, -0.1) is 11.3 Å². The van der Waals surface area contributed by atoms with Crippen molar-refractivity contribution >= 4 is 70.4 Å². The smallest absolute Gasteiger partial charge is 0.0547 e. The molecule has 3 heteroatoms. The van der Waals surface area contributed by atoms with Gasteiger partial charge in [-0.2, -0.15) is 0 Å². The van der Waals surface area contributed by atoms with Crippen molar-refractivity contribution in [3.05, 3.63) is 218 Å². The molecule has 2 heterocycles. The van der Waals surface area contributed by atoms with E-state index in [1.165, 1.54) is 75.4 Å². The lowest BCUT2D eigenvalue weighted by molar-refractivity contribution is 1.18. The molecule has 9 aromatic carbocycles. The molecule has 0 spiro atoms. The molecule has 0 aliphatic carbocycles. The molecular weight excluding hydrogens is 709 g/mol. The standard InChI is InChI=1S/C54H36N2S/c1-4-15-37(16-5-1)38-27-29-40(30-28-38)45-23-14-25-51-54(45)48-35-42(32-34-50(48)56(51)41-19-8-3-9-20-41)55(49-24-12-10-21-44(49)39-17-6-2-7-18-39)43-31-33-47-46-22-11-13-26-52(46)57-53(47)36-43/h1-36H. The summed E-state index contributed by atoms with van der Waals surface area (Å²) in [5, 5.41) is 5.04. The lowest BCUT2D eigenvalue weighted by Crippen LogP contribution is -2.11. The van der Waals surface area contributed by atoms with E-state index in [1.54, 1.807) is 0 Å². The molecule has 11 rings (SSSR count). The molecule has 0 saturated heterocycles. The van der Waals surface area contributed by atoms with Crippen LogP contribution in [0.15, 0.2) is 218 Å². The molecule has 0 aliphatic rings. The van der Waals surface area contributed by atoms with Gasteiger partial charge in [0.2, 0.25) is 0 Å². The molecule has 0 fully saturated rings. The van der Waals surface area contributed by atoms with E-state index in [1.807, 2.05) is 11.3 Å². The number of hydrogen-bond donors (Lipinski definition) is 0. The van der Waals surface area contributed by atoms with Crippen LogP contribution < -0.4 is 4.90 Å². The highest BCUT2D eigenvalue weighted by Gasteiger charge is 2.22. The molecule has 0 aliphatic heterocycles. The molecule has 57 heavy (non-hydrogen) atoms. The summed E-state index contributed by atoms with van der Waals surface area (Å²) in [6.45, 7) is 0. The molecule has 0 N–H and O–H groups in total. The number of benzene rings is 9. The molecule has 0 amide bonds. The van der Waals surface area contributed by atoms with Gasteiger partial charge >= 0.3 is 0 Å². The summed E-state index contributed by atoms with van der Waals surface area (Å²) in [4.78, 5) is 2.45. The highest BCUT2D eigenvalue weighted by Crippen LogP contribution is 2.46. The van der Waals surface area contributed by atoms with Crippen LogP contribution in [0.5, 0.6) is 0 Å². The van der Waals surface area contributed by atoms with Gasteiger partial charge in [-0.05, 0) is 88.5 Å². The van der Waals surface area contributed by atoms with Gasteiger partial charge < -0.3 is 9.47 Å². The number of rotatable bonds is 7. The van der Waals surface area contributed by atoms with Gasteiger partial charge in [0, 0.05) is 53.6 Å².